The van der Waals surface area contributed by atoms with E-state index in [9.17, 15) is 24.6 Å². The summed E-state index contributed by atoms with van der Waals surface area (Å²) in [5.74, 6) is -3.87. The van der Waals surface area contributed by atoms with Crippen molar-refractivity contribution in [3.05, 3.63) is 0 Å². The van der Waals surface area contributed by atoms with Crippen LogP contribution in [-0.2, 0) is 14.4 Å². The second-order valence-corrected chi connectivity index (χ2v) is 5.41. The number of aliphatic carboxylic acids is 2. The number of amides is 1. The van der Waals surface area contributed by atoms with Gasteiger partial charge in [0.1, 0.15) is 0 Å². The first-order chi connectivity index (χ1) is 8.98. The summed E-state index contributed by atoms with van der Waals surface area (Å²) in [6.07, 6.45) is 0. The van der Waals surface area contributed by atoms with Gasteiger partial charge in [-0.3, -0.25) is 9.69 Å². The van der Waals surface area contributed by atoms with Crippen LogP contribution in [0.25, 0.3) is 0 Å². The normalized spacial score (nSPS) is 13.7. The van der Waals surface area contributed by atoms with Crippen LogP contribution in [0.15, 0.2) is 0 Å². The molecule has 7 heteroatoms. The summed E-state index contributed by atoms with van der Waals surface area (Å²) in [5.41, 5.74) is -2.37. The van der Waals surface area contributed by atoms with Crippen molar-refractivity contribution in [1.82, 2.24) is 10.2 Å². The highest BCUT2D eigenvalue weighted by Crippen LogP contribution is 2.22. The topological polar surface area (TPSA) is 107 Å². The Labute approximate surface area is 119 Å². The lowest BCUT2D eigenvalue weighted by Crippen LogP contribution is -2.71. The van der Waals surface area contributed by atoms with E-state index in [0.717, 1.165) is 6.92 Å². The number of nitrogens with zero attached hydrogens (tertiary/aromatic N) is 1. The van der Waals surface area contributed by atoms with Crippen molar-refractivity contribution in [3.63, 3.8) is 0 Å². The number of hydrogen-bond acceptors (Lipinski definition) is 4. The predicted molar refractivity (Wildman–Crippen MR) is 73.4 cm³/mol. The molecular weight excluding hydrogens is 264 g/mol. The molecule has 1 unspecified atom stereocenters. The van der Waals surface area contributed by atoms with Gasteiger partial charge >= 0.3 is 11.9 Å². The van der Waals surface area contributed by atoms with Crippen LogP contribution in [0.3, 0.4) is 0 Å². The van der Waals surface area contributed by atoms with E-state index in [-0.39, 0.29) is 12.1 Å². The summed E-state index contributed by atoms with van der Waals surface area (Å²) in [6.45, 7) is 9.98. The van der Waals surface area contributed by atoms with E-state index in [1.54, 1.807) is 4.90 Å². The molecule has 0 aliphatic rings. The molecule has 7 nitrogen and oxygen atoms in total. The molecule has 1 amide bonds. The number of carboxylic acids is 2. The molecule has 0 heterocycles. The maximum Gasteiger partial charge on any atom is 0.342 e. The summed E-state index contributed by atoms with van der Waals surface area (Å²) in [4.78, 5) is 36.2. The van der Waals surface area contributed by atoms with E-state index >= 15 is 0 Å². The molecule has 0 saturated heterocycles. The summed E-state index contributed by atoms with van der Waals surface area (Å²) >= 11 is 0. The number of carboxylic acid groups (broad SMARTS) is 2. The number of hydrogen-bond donors (Lipinski definition) is 3. The lowest BCUT2D eigenvalue weighted by atomic mass is 9.88. The smallest absolute Gasteiger partial charge is 0.342 e. The predicted octanol–water partition coefficient (Wildman–Crippen LogP) is 0.538. The van der Waals surface area contributed by atoms with Gasteiger partial charge in [-0.2, -0.15) is 0 Å². The molecule has 3 N–H and O–H groups in total. The molecule has 0 aliphatic carbocycles. The Morgan fingerprint density at radius 2 is 1.30 bits per heavy atom. The van der Waals surface area contributed by atoms with Gasteiger partial charge in [-0.15, -0.1) is 0 Å². The van der Waals surface area contributed by atoms with Crippen molar-refractivity contribution < 1.29 is 24.6 Å². The molecule has 116 valence electrons. The maximum atomic E-state index is 11.6. The van der Waals surface area contributed by atoms with Crippen molar-refractivity contribution in [1.29, 1.82) is 0 Å². The molecule has 20 heavy (non-hydrogen) atoms. The first-order valence-corrected chi connectivity index (χ1v) is 6.51. The molecule has 0 spiro atoms. The minimum atomic E-state index is -2.37. The first-order valence-electron chi connectivity index (χ1n) is 6.51. The van der Waals surface area contributed by atoms with E-state index in [1.165, 1.54) is 6.92 Å². The largest absolute Gasteiger partial charge is 0.479 e. The second kappa shape index (κ2) is 6.69. The van der Waals surface area contributed by atoms with Gasteiger partial charge in [-0.1, -0.05) is 0 Å². The molecule has 0 radical (unpaired) electrons. The molecule has 0 aliphatic heterocycles. The van der Waals surface area contributed by atoms with Crippen LogP contribution < -0.4 is 5.32 Å². The molecular formula is C13H24N2O5. The summed E-state index contributed by atoms with van der Waals surface area (Å²) in [7, 11) is 0. The highest BCUT2D eigenvalue weighted by molar-refractivity contribution is 6.07. The lowest BCUT2D eigenvalue weighted by molar-refractivity contribution is -0.166. The average molecular weight is 288 g/mol. The number of carbonyl (C=O) groups excluding carboxylic acids is 1. The fraction of sp³-hybridized carbons (Fsp3) is 0.769. The van der Waals surface area contributed by atoms with E-state index in [4.69, 9.17) is 0 Å². The lowest BCUT2D eigenvalue weighted by Gasteiger charge is -2.43. The highest BCUT2D eigenvalue weighted by atomic mass is 16.4. The average Bonchev–Trinajstić information content (AvgIpc) is 2.22. The number of rotatable bonds is 7. The fourth-order valence-corrected chi connectivity index (χ4v) is 2.65. The van der Waals surface area contributed by atoms with Crippen LogP contribution in [0.5, 0.6) is 0 Å². The van der Waals surface area contributed by atoms with Crippen LogP contribution in [0.4, 0.5) is 0 Å². The second-order valence-electron chi connectivity index (χ2n) is 5.41. The Morgan fingerprint density at radius 1 is 0.950 bits per heavy atom. The van der Waals surface area contributed by atoms with Crippen LogP contribution >= 0.6 is 0 Å². The van der Waals surface area contributed by atoms with Gasteiger partial charge in [0.05, 0.1) is 6.04 Å². The van der Waals surface area contributed by atoms with Crippen LogP contribution in [0, 0.1) is 0 Å². The third-order valence-electron chi connectivity index (χ3n) is 3.31. The van der Waals surface area contributed by atoms with Gasteiger partial charge in [-0.25, -0.2) is 9.59 Å². The van der Waals surface area contributed by atoms with E-state index in [2.05, 4.69) is 5.32 Å². The van der Waals surface area contributed by atoms with Gasteiger partial charge in [0.15, 0.2) is 0 Å². The molecule has 0 aromatic rings. The molecule has 0 fully saturated rings. The molecule has 1 atom stereocenters. The molecule has 0 rings (SSSR count). The van der Waals surface area contributed by atoms with E-state index in [0.29, 0.717) is 0 Å². The number of nitrogens with one attached hydrogen (secondary N) is 1. The van der Waals surface area contributed by atoms with Crippen molar-refractivity contribution >= 4 is 17.8 Å². The van der Waals surface area contributed by atoms with Gasteiger partial charge in [0, 0.05) is 19.0 Å². The third-order valence-corrected chi connectivity index (χ3v) is 3.31. The van der Waals surface area contributed by atoms with Crippen molar-refractivity contribution in [2.75, 3.05) is 0 Å². The van der Waals surface area contributed by atoms with Crippen LogP contribution in [0.1, 0.15) is 41.5 Å². The van der Waals surface area contributed by atoms with Crippen LogP contribution in [-0.4, -0.2) is 56.6 Å². The van der Waals surface area contributed by atoms with Gasteiger partial charge in [0.2, 0.25) is 5.91 Å². The zero-order valence-electron chi connectivity index (χ0n) is 12.8. The number of carbonyl (C=O) groups is 3. The van der Waals surface area contributed by atoms with Gasteiger partial charge < -0.3 is 15.5 Å². The Kier molecular flexibility index (Phi) is 6.15. The molecule has 0 aromatic carbocycles. The zero-order chi connectivity index (χ0) is 16.2. The van der Waals surface area contributed by atoms with Crippen molar-refractivity contribution in [2.24, 2.45) is 0 Å². The van der Waals surface area contributed by atoms with Crippen molar-refractivity contribution in [3.8, 4) is 0 Å². The Balaban J connectivity index is 5.90. The minimum absolute atomic E-state index is 0.0724. The molecule has 0 aromatic heterocycles. The molecule has 0 saturated carbocycles. The Bertz CT molecular complexity index is 370. The van der Waals surface area contributed by atoms with Gasteiger partial charge in [0.25, 0.3) is 5.54 Å². The minimum Gasteiger partial charge on any atom is -0.479 e. The Morgan fingerprint density at radius 3 is 1.50 bits per heavy atom. The third kappa shape index (κ3) is 3.47. The summed E-state index contributed by atoms with van der Waals surface area (Å²) in [5, 5.41) is 20.9. The van der Waals surface area contributed by atoms with E-state index in [1.807, 2.05) is 27.7 Å². The SMILES string of the molecule is CC(=O)NC(C(=O)O)(C(=O)O)C(C)N(C(C)C)C(C)C. The highest BCUT2D eigenvalue weighted by Gasteiger charge is 2.55. The fourth-order valence-electron chi connectivity index (χ4n) is 2.65. The zero-order valence-corrected chi connectivity index (χ0v) is 12.8. The van der Waals surface area contributed by atoms with Crippen LogP contribution in [0.2, 0.25) is 0 Å². The van der Waals surface area contributed by atoms with E-state index < -0.39 is 29.4 Å². The Hall–Kier alpha value is -1.63. The quantitative estimate of drug-likeness (QED) is 0.590. The summed E-state index contributed by atoms with van der Waals surface area (Å²) in [6, 6.07) is -1.06. The maximum absolute atomic E-state index is 11.6. The van der Waals surface area contributed by atoms with Crippen molar-refractivity contribution in [2.45, 2.75) is 65.2 Å². The van der Waals surface area contributed by atoms with Gasteiger partial charge in [-0.05, 0) is 34.6 Å². The first kappa shape index (κ1) is 18.4. The monoisotopic (exact) mass is 288 g/mol. The summed E-state index contributed by atoms with van der Waals surface area (Å²) < 4.78 is 0. The molecule has 0 bridgehead atoms. The standard InChI is InChI=1S/C13H24N2O5/c1-7(2)15(8(3)4)9(5)13(11(17)18,12(19)20)14-10(6)16/h7-9H,1-6H3,(H,14,16)(H,17,18)(H,19,20).